The van der Waals surface area contributed by atoms with Gasteiger partial charge >= 0.3 is 0 Å². The second kappa shape index (κ2) is 6.09. The first-order chi connectivity index (χ1) is 9.08. The Labute approximate surface area is 123 Å². The average Bonchev–Trinajstić information content (AvgIpc) is 2.41. The quantitative estimate of drug-likeness (QED) is 0.615. The van der Waals surface area contributed by atoms with Crippen molar-refractivity contribution in [3.05, 3.63) is 63.6 Å². The molecule has 0 aliphatic carbocycles. The van der Waals surface area contributed by atoms with Gasteiger partial charge in [-0.2, -0.15) is 5.10 Å². The number of hydrogen-bond acceptors (Lipinski definition) is 2. The summed E-state index contributed by atoms with van der Waals surface area (Å²) in [5.41, 5.74) is 6.81. The smallest absolute Gasteiger partial charge is 0.0842 e. The van der Waals surface area contributed by atoms with E-state index in [0.717, 1.165) is 11.3 Å². The Hall–Kier alpha value is -1.51. The van der Waals surface area contributed by atoms with Gasteiger partial charge in [-0.15, -0.1) is 0 Å². The molecular formula is C15H14Cl2N2. The largest absolute Gasteiger partial charge is 0.277 e. The molecular weight excluding hydrogens is 279 g/mol. The number of hydrogen-bond donors (Lipinski definition) is 1. The van der Waals surface area contributed by atoms with Gasteiger partial charge in [0.2, 0.25) is 0 Å². The van der Waals surface area contributed by atoms with Crippen molar-refractivity contribution in [2.75, 3.05) is 5.43 Å². The Morgan fingerprint density at radius 3 is 2.42 bits per heavy atom. The number of hydrazone groups is 1. The summed E-state index contributed by atoms with van der Waals surface area (Å²) in [6, 6.07) is 13.6. The molecule has 0 saturated heterocycles. The van der Waals surface area contributed by atoms with Crippen LogP contribution in [0.15, 0.2) is 47.6 Å². The molecule has 0 radical (unpaired) electrons. The van der Waals surface area contributed by atoms with Crippen molar-refractivity contribution >= 4 is 34.6 Å². The molecule has 0 aliphatic rings. The molecule has 19 heavy (non-hydrogen) atoms. The first-order valence-electron chi connectivity index (χ1n) is 5.89. The van der Waals surface area contributed by atoms with E-state index >= 15 is 0 Å². The van der Waals surface area contributed by atoms with Crippen molar-refractivity contribution in [1.29, 1.82) is 0 Å². The Balaban J connectivity index is 2.18. The van der Waals surface area contributed by atoms with Gasteiger partial charge in [0.05, 0.1) is 21.4 Å². The molecule has 2 aromatic rings. The summed E-state index contributed by atoms with van der Waals surface area (Å²) < 4.78 is 0. The first-order valence-corrected chi connectivity index (χ1v) is 6.65. The van der Waals surface area contributed by atoms with Gasteiger partial charge in [-0.1, -0.05) is 59.1 Å². The summed E-state index contributed by atoms with van der Waals surface area (Å²) in [6.07, 6.45) is 0. The summed E-state index contributed by atoms with van der Waals surface area (Å²) in [6.45, 7) is 4.00. The second-order valence-corrected chi connectivity index (χ2v) is 5.06. The maximum Gasteiger partial charge on any atom is 0.0842 e. The molecule has 1 N–H and O–H groups in total. The minimum atomic E-state index is 0.477. The number of halogens is 2. The summed E-state index contributed by atoms with van der Waals surface area (Å²) in [4.78, 5) is 0. The molecule has 0 spiro atoms. The summed E-state index contributed by atoms with van der Waals surface area (Å²) in [7, 11) is 0. The fraction of sp³-hybridized carbons (Fsp3) is 0.133. The highest BCUT2D eigenvalue weighted by molar-refractivity contribution is 6.43. The molecule has 0 heterocycles. The fourth-order valence-electron chi connectivity index (χ4n) is 1.59. The van der Waals surface area contributed by atoms with Gasteiger partial charge in [0, 0.05) is 0 Å². The molecule has 0 saturated carbocycles. The van der Waals surface area contributed by atoms with Crippen LogP contribution in [0.3, 0.4) is 0 Å². The van der Waals surface area contributed by atoms with Crippen molar-refractivity contribution in [1.82, 2.24) is 0 Å². The zero-order chi connectivity index (χ0) is 13.8. The van der Waals surface area contributed by atoms with Crippen molar-refractivity contribution in [3.63, 3.8) is 0 Å². The third-order valence-corrected chi connectivity index (χ3v) is 3.58. The Morgan fingerprint density at radius 2 is 1.74 bits per heavy atom. The second-order valence-electron chi connectivity index (χ2n) is 4.28. The third-order valence-electron chi connectivity index (χ3n) is 2.76. The van der Waals surface area contributed by atoms with Crippen LogP contribution < -0.4 is 5.43 Å². The van der Waals surface area contributed by atoms with E-state index in [-0.39, 0.29) is 0 Å². The number of aryl methyl sites for hydroxylation is 1. The molecule has 4 heteroatoms. The zero-order valence-electron chi connectivity index (χ0n) is 10.7. The Morgan fingerprint density at radius 1 is 1.05 bits per heavy atom. The zero-order valence-corrected chi connectivity index (χ0v) is 12.3. The van der Waals surface area contributed by atoms with Gasteiger partial charge in [-0.3, -0.25) is 5.43 Å². The Kier molecular flexibility index (Phi) is 4.46. The molecule has 2 nitrogen and oxygen atoms in total. The van der Waals surface area contributed by atoms with Gasteiger partial charge < -0.3 is 0 Å². The maximum absolute atomic E-state index is 6.08. The lowest BCUT2D eigenvalue weighted by Crippen LogP contribution is -2.00. The van der Waals surface area contributed by atoms with E-state index in [1.807, 2.05) is 31.2 Å². The minimum absolute atomic E-state index is 0.477. The molecule has 98 valence electrons. The highest BCUT2D eigenvalue weighted by atomic mass is 35.5. The molecule has 0 aromatic heterocycles. The van der Waals surface area contributed by atoms with E-state index in [0.29, 0.717) is 15.7 Å². The summed E-state index contributed by atoms with van der Waals surface area (Å²) in [5, 5.41) is 5.31. The molecule has 2 aromatic carbocycles. The van der Waals surface area contributed by atoms with Crippen LogP contribution in [0.1, 0.15) is 18.1 Å². The fourth-order valence-corrected chi connectivity index (χ4v) is 1.94. The summed E-state index contributed by atoms with van der Waals surface area (Å²) >= 11 is 12.0. The van der Waals surface area contributed by atoms with E-state index in [2.05, 4.69) is 29.6 Å². The van der Waals surface area contributed by atoms with Crippen molar-refractivity contribution in [2.24, 2.45) is 5.10 Å². The topological polar surface area (TPSA) is 24.4 Å². The van der Waals surface area contributed by atoms with Crippen LogP contribution in [0.4, 0.5) is 5.69 Å². The average molecular weight is 293 g/mol. The van der Waals surface area contributed by atoms with Gasteiger partial charge in [-0.25, -0.2) is 0 Å². The Bertz CT molecular complexity index is 604. The highest BCUT2D eigenvalue weighted by Crippen LogP contribution is 2.29. The van der Waals surface area contributed by atoms with Gasteiger partial charge in [0.25, 0.3) is 0 Å². The van der Waals surface area contributed by atoms with E-state index in [4.69, 9.17) is 23.2 Å². The predicted octanol–water partition coefficient (Wildman–Crippen LogP) is 5.14. The normalized spacial score (nSPS) is 11.5. The standard InChI is InChI=1S/C15H14Cl2N2/c1-10-6-8-12(9-7-10)11(2)18-19-14-5-3-4-13(16)15(14)17/h3-9,19H,1-2H3/b18-11-. The molecule has 0 amide bonds. The molecule has 0 unspecified atom stereocenters. The van der Waals surface area contributed by atoms with Crippen LogP contribution in [0.25, 0.3) is 0 Å². The lowest BCUT2D eigenvalue weighted by Gasteiger charge is -2.06. The lowest BCUT2D eigenvalue weighted by atomic mass is 10.1. The van der Waals surface area contributed by atoms with E-state index in [1.165, 1.54) is 5.56 Å². The van der Waals surface area contributed by atoms with Crippen LogP contribution in [0, 0.1) is 6.92 Å². The molecule has 0 atom stereocenters. The van der Waals surface area contributed by atoms with Gasteiger partial charge in [0.1, 0.15) is 0 Å². The van der Waals surface area contributed by atoms with Gasteiger partial charge in [0.15, 0.2) is 0 Å². The molecule has 0 aliphatic heterocycles. The highest BCUT2D eigenvalue weighted by Gasteiger charge is 2.03. The third kappa shape index (κ3) is 3.49. The monoisotopic (exact) mass is 292 g/mol. The minimum Gasteiger partial charge on any atom is -0.277 e. The van der Waals surface area contributed by atoms with Crippen LogP contribution in [-0.4, -0.2) is 5.71 Å². The number of rotatable bonds is 3. The van der Waals surface area contributed by atoms with Crippen LogP contribution >= 0.6 is 23.2 Å². The van der Waals surface area contributed by atoms with Crippen molar-refractivity contribution in [3.8, 4) is 0 Å². The summed E-state index contributed by atoms with van der Waals surface area (Å²) in [5.74, 6) is 0. The number of nitrogens with zero attached hydrogens (tertiary/aromatic N) is 1. The lowest BCUT2D eigenvalue weighted by molar-refractivity contribution is 1.32. The molecule has 0 bridgehead atoms. The molecule has 2 rings (SSSR count). The van der Waals surface area contributed by atoms with Crippen LogP contribution in [0.2, 0.25) is 10.0 Å². The molecule has 0 fully saturated rings. The van der Waals surface area contributed by atoms with E-state index in [9.17, 15) is 0 Å². The number of benzene rings is 2. The van der Waals surface area contributed by atoms with Crippen LogP contribution in [-0.2, 0) is 0 Å². The van der Waals surface area contributed by atoms with Crippen LogP contribution in [0.5, 0.6) is 0 Å². The van der Waals surface area contributed by atoms with Gasteiger partial charge in [-0.05, 0) is 31.5 Å². The first kappa shape index (κ1) is 13.9. The van der Waals surface area contributed by atoms with Crippen molar-refractivity contribution in [2.45, 2.75) is 13.8 Å². The number of nitrogens with one attached hydrogen (secondary N) is 1. The SMILES string of the molecule is C/C(=N/Nc1cccc(Cl)c1Cl)c1ccc(C)cc1. The predicted molar refractivity (Wildman–Crippen MR) is 83.5 cm³/mol. The van der Waals surface area contributed by atoms with E-state index < -0.39 is 0 Å². The van der Waals surface area contributed by atoms with E-state index in [1.54, 1.807) is 6.07 Å². The maximum atomic E-state index is 6.08. The van der Waals surface area contributed by atoms with Crippen molar-refractivity contribution < 1.29 is 0 Å². The number of anilines is 1.